The molecule has 3 rings (SSSR count). The van der Waals surface area contributed by atoms with E-state index in [1.807, 2.05) is 4.57 Å². The maximum absolute atomic E-state index is 12.0. The molecular formula is C12H13ClN4O. The third-order valence-electron chi connectivity index (χ3n) is 3.34. The molecule has 94 valence electrons. The zero-order chi connectivity index (χ0) is 12.9. The molecule has 0 bridgehead atoms. The first-order valence-electron chi connectivity index (χ1n) is 5.89. The van der Waals surface area contributed by atoms with E-state index in [0.717, 1.165) is 17.6 Å². The predicted octanol–water partition coefficient (Wildman–Crippen LogP) is 1.85. The Hall–Kier alpha value is -1.62. The molecule has 0 aromatic carbocycles. The summed E-state index contributed by atoms with van der Waals surface area (Å²) >= 11 is 5.82. The van der Waals surface area contributed by atoms with Crippen LogP contribution in [0.2, 0.25) is 5.28 Å². The molecule has 0 spiro atoms. The first kappa shape index (κ1) is 11.5. The molecule has 6 heteroatoms. The molecule has 2 aromatic rings. The topological polar surface area (TPSA) is 59.8 Å². The fourth-order valence-electron chi connectivity index (χ4n) is 2.25. The second-order valence-electron chi connectivity index (χ2n) is 4.88. The molecule has 5 nitrogen and oxygen atoms in total. The second-order valence-corrected chi connectivity index (χ2v) is 5.22. The highest BCUT2D eigenvalue weighted by atomic mass is 35.5. The Labute approximate surface area is 109 Å². The SMILES string of the molecule is CC(C)[C@@H]1Cn2c(cc3cnc(Cl)nc32)C(=O)N1. The maximum Gasteiger partial charge on any atom is 0.268 e. The van der Waals surface area contributed by atoms with Crippen molar-refractivity contribution < 1.29 is 4.79 Å². The van der Waals surface area contributed by atoms with E-state index in [0.29, 0.717) is 11.6 Å². The zero-order valence-electron chi connectivity index (χ0n) is 10.1. The molecule has 1 aliphatic heterocycles. The van der Waals surface area contributed by atoms with Crippen molar-refractivity contribution in [2.24, 2.45) is 5.92 Å². The summed E-state index contributed by atoms with van der Waals surface area (Å²) < 4.78 is 1.92. The van der Waals surface area contributed by atoms with Crippen molar-refractivity contribution in [2.75, 3.05) is 0 Å². The van der Waals surface area contributed by atoms with Gasteiger partial charge >= 0.3 is 0 Å². The molecule has 0 fully saturated rings. The standard InChI is InChI=1S/C12H13ClN4O/c1-6(2)8-5-17-9(11(18)15-8)3-7-4-14-12(13)16-10(7)17/h3-4,6,8H,5H2,1-2H3,(H,15,18)/t8-/m0/s1. The average Bonchev–Trinajstić information content (AvgIpc) is 2.68. The van der Waals surface area contributed by atoms with Crippen LogP contribution in [0.15, 0.2) is 12.3 Å². The number of halogens is 1. The van der Waals surface area contributed by atoms with Gasteiger partial charge in [0.25, 0.3) is 5.91 Å². The first-order valence-corrected chi connectivity index (χ1v) is 6.26. The molecule has 0 saturated heterocycles. The van der Waals surface area contributed by atoms with E-state index in [2.05, 4.69) is 29.1 Å². The lowest BCUT2D eigenvalue weighted by Gasteiger charge is -2.28. The van der Waals surface area contributed by atoms with Gasteiger partial charge in [0.2, 0.25) is 5.28 Å². The van der Waals surface area contributed by atoms with Crippen LogP contribution < -0.4 is 5.32 Å². The summed E-state index contributed by atoms with van der Waals surface area (Å²) in [7, 11) is 0. The predicted molar refractivity (Wildman–Crippen MR) is 68.6 cm³/mol. The third-order valence-corrected chi connectivity index (χ3v) is 3.52. The van der Waals surface area contributed by atoms with Gasteiger partial charge in [-0.25, -0.2) is 4.98 Å². The Morgan fingerprint density at radius 3 is 3.06 bits per heavy atom. The minimum atomic E-state index is -0.0610. The van der Waals surface area contributed by atoms with E-state index < -0.39 is 0 Å². The Morgan fingerprint density at radius 2 is 2.33 bits per heavy atom. The Kier molecular flexibility index (Phi) is 2.52. The first-order chi connectivity index (χ1) is 8.56. The van der Waals surface area contributed by atoms with Crippen LogP contribution in [-0.4, -0.2) is 26.5 Å². The van der Waals surface area contributed by atoms with E-state index in [9.17, 15) is 4.79 Å². The van der Waals surface area contributed by atoms with Gasteiger partial charge in [0.15, 0.2) is 0 Å². The molecule has 1 N–H and O–H groups in total. The summed E-state index contributed by atoms with van der Waals surface area (Å²) in [6, 6.07) is 1.92. The van der Waals surface area contributed by atoms with Gasteiger partial charge in [-0.05, 0) is 23.6 Å². The number of hydrogen-bond donors (Lipinski definition) is 1. The van der Waals surface area contributed by atoms with Gasteiger partial charge in [0.1, 0.15) is 11.3 Å². The number of hydrogen-bond acceptors (Lipinski definition) is 3. The van der Waals surface area contributed by atoms with Gasteiger partial charge in [-0.3, -0.25) is 4.79 Å². The van der Waals surface area contributed by atoms with Crippen molar-refractivity contribution in [3.63, 3.8) is 0 Å². The quantitative estimate of drug-likeness (QED) is 0.800. The number of amides is 1. The lowest BCUT2D eigenvalue weighted by molar-refractivity contribution is 0.0885. The van der Waals surface area contributed by atoms with Gasteiger partial charge < -0.3 is 9.88 Å². The number of nitrogens with zero attached hydrogens (tertiary/aromatic N) is 3. The van der Waals surface area contributed by atoms with Gasteiger partial charge in [-0.2, -0.15) is 4.98 Å². The Morgan fingerprint density at radius 1 is 1.56 bits per heavy atom. The lowest BCUT2D eigenvalue weighted by atomic mass is 10.0. The summed E-state index contributed by atoms with van der Waals surface area (Å²) in [5.41, 5.74) is 1.35. The summed E-state index contributed by atoms with van der Waals surface area (Å²) in [6.45, 7) is 4.89. The highest BCUT2D eigenvalue weighted by molar-refractivity contribution is 6.28. The van der Waals surface area contributed by atoms with Crippen LogP contribution in [0, 0.1) is 5.92 Å². The van der Waals surface area contributed by atoms with E-state index in [1.165, 1.54) is 0 Å². The van der Waals surface area contributed by atoms with E-state index in [1.54, 1.807) is 12.3 Å². The summed E-state index contributed by atoms with van der Waals surface area (Å²) in [4.78, 5) is 20.2. The van der Waals surface area contributed by atoms with E-state index >= 15 is 0 Å². The Bertz CT molecular complexity index is 634. The normalized spacial score (nSPS) is 19.1. The highest BCUT2D eigenvalue weighted by Gasteiger charge is 2.28. The monoisotopic (exact) mass is 264 g/mol. The number of carbonyl (C=O) groups is 1. The molecule has 0 aliphatic carbocycles. The van der Waals surface area contributed by atoms with Crippen LogP contribution in [0.4, 0.5) is 0 Å². The average molecular weight is 265 g/mol. The highest BCUT2D eigenvalue weighted by Crippen LogP contribution is 2.23. The molecule has 1 aliphatic rings. The number of aromatic nitrogens is 3. The summed E-state index contributed by atoms with van der Waals surface area (Å²) in [5, 5.41) is 4.05. The largest absolute Gasteiger partial charge is 0.346 e. The van der Waals surface area contributed by atoms with Gasteiger partial charge in [-0.1, -0.05) is 13.8 Å². The molecule has 2 aromatic heterocycles. The Balaban J connectivity index is 2.18. The molecule has 0 saturated carbocycles. The molecule has 0 unspecified atom stereocenters. The lowest BCUT2D eigenvalue weighted by Crippen LogP contribution is -2.46. The van der Waals surface area contributed by atoms with Crippen molar-refractivity contribution in [2.45, 2.75) is 26.4 Å². The molecule has 0 radical (unpaired) electrons. The second kappa shape index (κ2) is 3.95. The van der Waals surface area contributed by atoms with Crippen LogP contribution in [0.3, 0.4) is 0 Å². The van der Waals surface area contributed by atoms with Crippen LogP contribution in [0.1, 0.15) is 24.3 Å². The van der Waals surface area contributed by atoms with Crippen LogP contribution in [0.5, 0.6) is 0 Å². The van der Waals surface area contributed by atoms with Crippen molar-refractivity contribution in [3.05, 3.63) is 23.2 Å². The molecular weight excluding hydrogens is 252 g/mol. The van der Waals surface area contributed by atoms with Gasteiger partial charge in [0, 0.05) is 24.2 Å². The number of nitrogens with one attached hydrogen (secondary N) is 1. The van der Waals surface area contributed by atoms with E-state index in [-0.39, 0.29) is 17.2 Å². The summed E-state index contributed by atoms with van der Waals surface area (Å²) in [5.74, 6) is 0.311. The number of carbonyl (C=O) groups excluding carboxylic acids is 1. The molecule has 1 atom stereocenters. The summed E-state index contributed by atoms with van der Waals surface area (Å²) in [6.07, 6.45) is 1.65. The van der Waals surface area contributed by atoms with Crippen molar-refractivity contribution in [1.82, 2.24) is 19.9 Å². The smallest absolute Gasteiger partial charge is 0.268 e. The van der Waals surface area contributed by atoms with Crippen LogP contribution >= 0.6 is 11.6 Å². The van der Waals surface area contributed by atoms with Crippen LogP contribution in [-0.2, 0) is 6.54 Å². The maximum atomic E-state index is 12.0. The van der Waals surface area contributed by atoms with Crippen molar-refractivity contribution >= 4 is 28.5 Å². The molecule has 3 heterocycles. The van der Waals surface area contributed by atoms with Crippen molar-refractivity contribution in [1.29, 1.82) is 0 Å². The fourth-order valence-corrected chi connectivity index (χ4v) is 2.38. The van der Waals surface area contributed by atoms with Gasteiger partial charge in [-0.15, -0.1) is 0 Å². The van der Waals surface area contributed by atoms with Crippen molar-refractivity contribution in [3.8, 4) is 0 Å². The van der Waals surface area contributed by atoms with Crippen LogP contribution in [0.25, 0.3) is 11.0 Å². The zero-order valence-corrected chi connectivity index (χ0v) is 10.9. The van der Waals surface area contributed by atoms with Gasteiger partial charge in [0.05, 0.1) is 0 Å². The van der Waals surface area contributed by atoms with E-state index in [4.69, 9.17) is 11.6 Å². The minimum Gasteiger partial charge on any atom is -0.346 e. The molecule has 18 heavy (non-hydrogen) atoms. The number of rotatable bonds is 1. The third kappa shape index (κ3) is 1.66. The minimum absolute atomic E-state index is 0.0610. The molecule has 1 amide bonds. The number of fused-ring (bicyclic) bond motifs is 3. The fraction of sp³-hybridized carbons (Fsp3) is 0.417.